The van der Waals surface area contributed by atoms with Gasteiger partial charge in [0.05, 0.1) is 5.41 Å². The number of aromatic nitrogens is 2. The van der Waals surface area contributed by atoms with E-state index in [4.69, 9.17) is 10.3 Å². The highest BCUT2D eigenvalue weighted by Crippen LogP contribution is 2.29. The van der Waals surface area contributed by atoms with Gasteiger partial charge < -0.3 is 10.3 Å². The Bertz CT molecular complexity index is 530. The molecule has 20 heavy (non-hydrogen) atoms. The molecule has 2 N–H and O–H groups in total. The van der Waals surface area contributed by atoms with E-state index < -0.39 is 0 Å². The summed E-state index contributed by atoms with van der Waals surface area (Å²) in [6.07, 6.45) is 1.78. The van der Waals surface area contributed by atoms with E-state index >= 15 is 0 Å². The fraction of sp³-hybridized carbons (Fsp3) is 0.500. The third-order valence-corrected chi connectivity index (χ3v) is 3.90. The van der Waals surface area contributed by atoms with Gasteiger partial charge in [0.2, 0.25) is 5.89 Å². The lowest BCUT2D eigenvalue weighted by atomic mass is 9.84. The predicted octanol–water partition coefficient (Wildman–Crippen LogP) is 2.92. The van der Waals surface area contributed by atoms with Crippen molar-refractivity contribution < 1.29 is 4.52 Å². The Kier molecular flexibility index (Phi) is 4.55. The highest BCUT2D eigenvalue weighted by Gasteiger charge is 2.29. The van der Waals surface area contributed by atoms with Crippen LogP contribution in [0.3, 0.4) is 0 Å². The van der Waals surface area contributed by atoms with E-state index in [-0.39, 0.29) is 5.41 Å². The summed E-state index contributed by atoms with van der Waals surface area (Å²) < 4.78 is 5.39. The van der Waals surface area contributed by atoms with Crippen molar-refractivity contribution in [1.29, 1.82) is 0 Å². The summed E-state index contributed by atoms with van der Waals surface area (Å²) in [4.78, 5) is 4.56. The zero-order chi connectivity index (χ0) is 14.6. The topological polar surface area (TPSA) is 64.9 Å². The fourth-order valence-corrected chi connectivity index (χ4v) is 2.22. The molecule has 0 aliphatic heterocycles. The number of nitrogens with zero attached hydrogens (tertiary/aromatic N) is 2. The molecule has 0 radical (unpaired) electrons. The van der Waals surface area contributed by atoms with E-state index in [0.717, 1.165) is 18.7 Å². The maximum Gasteiger partial charge on any atom is 0.227 e. The monoisotopic (exact) mass is 273 g/mol. The minimum absolute atomic E-state index is 0.257. The summed E-state index contributed by atoms with van der Waals surface area (Å²) in [6.45, 7) is 6.99. The molecular formula is C16H23N3O. The average Bonchev–Trinajstić information content (AvgIpc) is 2.95. The Hall–Kier alpha value is -1.68. The van der Waals surface area contributed by atoms with Gasteiger partial charge in [0.25, 0.3) is 0 Å². The quantitative estimate of drug-likeness (QED) is 0.879. The van der Waals surface area contributed by atoms with Gasteiger partial charge in [0.1, 0.15) is 0 Å². The first-order chi connectivity index (χ1) is 9.57. The SMILES string of the molecule is CCC(CN)Cc1nc(C(C)(C)c2ccccc2)no1. The maximum atomic E-state index is 5.72. The second-order valence-electron chi connectivity index (χ2n) is 5.72. The zero-order valence-electron chi connectivity index (χ0n) is 12.5. The lowest BCUT2D eigenvalue weighted by Gasteiger charge is -2.20. The molecule has 1 heterocycles. The number of rotatable bonds is 6. The Balaban J connectivity index is 2.20. The van der Waals surface area contributed by atoms with Crippen LogP contribution in [0.4, 0.5) is 0 Å². The smallest absolute Gasteiger partial charge is 0.227 e. The molecule has 1 unspecified atom stereocenters. The Morgan fingerprint density at radius 1 is 1.25 bits per heavy atom. The van der Waals surface area contributed by atoms with E-state index in [2.05, 4.69) is 43.0 Å². The Labute approximate surface area is 120 Å². The summed E-state index contributed by atoms with van der Waals surface area (Å²) in [5, 5.41) is 4.16. The van der Waals surface area contributed by atoms with Crippen LogP contribution in [-0.2, 0) is 11.8 Å². The molecule has 0 amide bonds. The van der Waals surface area contributed by atoms with Crippen LogP contribution in [0, 0.1) is 5.92 Å². The summed E-state index contributed by atoms with van der Waals surface area (Å²) in [5.74, 6) is 1.81. The minimum Gasteiger partial charge on any atom is -0.339 e. The molecule has 0 bridgehead atoms. The van der Waals surface area contributed by atoms with Crippen molar-refractivity contribution in [3.63, 3.8) is 0 Å². The number of hydrogen-bond acceptors (Lipinski definition) is 4. The van der Waals surface area contributed by atoms with E-state index in [1.807, 2.05) is 18.2 Å². The van der Waals surface area contributed by atoms with Crippen LogP contribution in [0.2, 0.25) is 0 Å². The molecule has 2 rings (SSSR count). The molecular weight excluding hydrogens is 250 g/mol. The van der Waals surface area contributed by atoms with Crippen molar-refractivity contribution in [2.45, 2.75) is 39.0 Å². The number of hydrogen-bond donors (Lipinski definition) is 1. The third-order valence-electron chi connectivity index (χ3n) is 3.90. The Morgan fingerprint density at radius 3 is 2.55 bits per heavy atom. The van der Waals surface area contributed by atoms with Crippen LogP contribution in [-0.4, -0.2) is 16.7 Å². The molecule has 1 aromatic carbocycles. The van der Waals surface area contributed by atoms with Crippen LogP contribution in [0.1, 0.15) is 44.5 Å². The van der Waals surface area contributed by atoms with Gasteiger partial charge in [-0.3, -0.25) is 0 Å². The molecule has 0 aliphatic carbocycles. The van der Waals surface area contributed by atoms with Crippen LogP contribution in [0.15, 0.2) is 34.9 Å². The van der Waals surface area contributed by atoms with Crippen LogP contribution < -0.4 is 5.73 Å². The van der Waals surface area contributed by atoms with Gasteiger partial charge in [-0.05, 0) is 31.9 Å². The molecule has 0 aliphatic rings. The summed E-state index contributed by atoms with van der Waals surface area (Å²) in [5.41, 5.74) is 6.65. The molecule has 0 fully saturated rings. The van der Waals surface area contributed by atoms with Gasteiger partial charge in [-0.1, -0.05) is 48.8 Å². The maximum absolute atomic E-state index is 5.72. The number of benzene rings is 1. The summed E-state index contributed by atoms with van der Waals surface area (Å²) in [6, 6.07) is 10.2. The second kappa shape index (κ2) is 6.18. The first kappa shape index (κ1) is 14.7. The standard InChI is InChI=1S/C16H23N3O/c1-4-12(11-17)10-14-18-15(19-20-14)16(2,3)13-8-6-5-7-9-13/h5-9,12H,4,10-11,17H2,1-3H3. The molecule has 0 saturated carbocycles. The fourth-order valence-electron chi connectivity index (χ4n) is 2.22. The molecule has 108 valence electrons. The van der Waals surface area contributed by atoms with Gasteiger partial charge in [-0.15, -0.1) is 0 Å². The van der Waals surface area contributed by atoms with E-state index in [1.165, 1.54) is 5.56 Å². The van der Waals surface area contributed by atoms with E-state index in [9.17, 15) is 0 Å². The molecule has 4 heteroatoms. The van der Waals surface area contributed by atoms with E-state index in [0.29, 0.717) is 18.4 Å². The average molecular weight is 273 g/mol. The molecule has 0 saturated heterocycles. The van der Waals surface area contributed by atoms with Crippen molar-refractivity contribution in [3.8, 4) is 0 Å². The highest BCUT2D eigenvalue weighted by atomic mass is 16.5. The van der Waals surface area contributed by atoms with Crippen LogP contribution >= 0.6 is 0 Å². The van der Waals surface area contributed by atoms with Crippen LogP contribution in [0.25, 0.3) is 0 Å². The molecule has 0 spiro atoms. The first-order valence-electron chi connectivity index (χ1n) is 7.16. The van der Waals surface area contributed by atoms with Crippen molar-refractivity contribution >= 4 is 0 Å². The van der Waals surface area contributed by atoms with Crippen molar-refractivity contribution in [2.24, 2.45) is 11.7 Å². The molecule has 2 aromatic rings. The summed E-state index contributed by atoms with van der Waals surface area (Å²) >= 11 is 0. The highest BCUT2D eigenvalue weighted by molar-refractivity contribution is 5.30. The van der Waals surface area contributed by atoms with Crippen molar-refractivity contribution in [2.75, 3.05) is 6.54 Å². The molecule has 1 atom stereocenters. The van der Waals surface area contributed by atoms with Crippen molar-refractivity contribution in [1.82, 2.24) is 10.1 Å². The van der Waals surface area contributed by atoms with Crippen molar-refractivity contribution in [3.05, 3.63) is 47.6 Å². The predicted molar refractivity (Wildman–Crippen MR) is 79.4 cm³/mol. The van der Waals surface area contributed by atoms with E-state index in [1.54, 1.807) is 0 Å². The lowest BCUT2D eigenvalue weighted by Crippen LogP contribution is -2.21. The molecule has 1 aromatic heterocycles. The number of nitrogens with two attached hydrogens (primary N) is 1. The minimum atomic E-state index is -0.257. The van der Waals surface area contributed by atoms with Gasteiger partial charge >= 0.3 is 0 Å². The van der Waals surface area contributed by atoms with Gasteiger partial charge in [0, 0.05) is 6.42 Å². The van der Waals surface area contributed by atoms with Crippen LogP contribution in [0.5, 0.6) is 0 Å². The largest absolute Gasteiger partial charge is 0.339 e. The van der Waals surface area contributed by atoms with Gasteiger partial charge in [-0.2, -0.15) is 4.98 Å². The van der Waals surface area contributed by atoms with Gasteiger partial charge in [-0.25, -0.2) is 0 Å². The Morgan fingerprint density at radius 2 is 1.95 bits per heavy atom. The lowest BCUT2D eigenvalue weighted by molar-refractivity contribution is 0.342. The summed E-state index contributed by atoms with van der Waals surface area (Å²) in [7, 11) is 0. The first-order valence-corrected chi connectivity index (χ1v) is 7.16. The second-order valence-corrected chi connectivity index (χ2v) is 5.72. The third kappa shape index (κ3) is 3.07. The zero-order valence-corrected chi connectivity index (χ0v) is 12.5. The normalized spacial score (nSPS) is 13.4. The van der Waals surface area contributed by atoms with Gasteiger partial charge in [0.15, 0.2) is 5.82 Å². The molecule has 4 nitrogen and oxygen atoms in total.